The minimum absolute atomic E-state index is 0.521. The van der Waals surface area contributed by atoms with Crippen molar-refractivity contribution in [3.63, 3.8) is 0 Å². The summed E-state index contributed by atoms with van der Waals surface area (Å²) in [6.07, 6.45) is 2.16. The van der Waals surface area contributed by atoms with Crippen molar-refractivity contribution in [2.75, 3.05) is 62.3 Å². The van der Waals surface area contributed by atoms with Crippen LogP contribution in [0, 0.1) is 0 Å². The number of hydrogen-bond donors (Lipinski definition) is 1. The molecule has 5 nitrogen and oxygen atoms in total. The third kappa shape index (κ3) is 6.42. The third-order valence-corrected chi connectivity index (χ3v) is 5.73. The summed E-state index contributed by atoms with van der Waals surface area (Å²) < 4.78 is 17.2. The first-order valence-corrected chi connectivity index (χ1v) is 10.5. The molecule has 1 aliphatic rings. The molecule has 24 heavy (non-hydrogen) atoms. The lowest BCUT2D eigenvalue weighted by atomic mass is 10.2. The number of anilines is 1. The van der Waals surface area contributed by atoms with E-state index < -0.39 is 10.8 Å². The monoisotopic (exact) mass is 353 g/mol. The zero-order valence-corrected chi connectivity index (χ0v) is 15.6. The first-order valence-electron chi connectivity index (χ1n) is 8.98. The summed E-state index contributed by atoms with van der Waals surface area (Å²) in [5, 5.41) is 0. The number of nitrogens with two attached hydrogens (primary N) is 1. The summed E-state index contributed by atoms with van der Waals surface area (Å²) >= 11 is 0. The molecule has 1 aromatic rings. The predicted molar refractivity (Wildman–Crippen MR) is 102 cm³/mol. The van der Waals surface area contributed by atoms with Gasteiger partial charge in [0.15, 0.2) is 0 Å². The molecule has 0 radical (unpaired) electrons. The van der Waals surface area contributed by atoms with Crippen molar-refractivity contribution >= 4 is 16.5 Å². The van der Waals surface area contributed by atoms with Crippen molar-refractivity contribution < 1.29 is 8.95 Å². The molecular formula is C18H31N3O2S. The fraction of sp³-hybridized carbons (Fsp3) is 0.667. The van der Waals surface area contributed by atoms with Gasteiger partial charge in [0.1, 0.15) is 5.75 Å². The van der Waals surface area contributed by atoms with Crippen molar-refractivity contribution in [2.24, 2.45) is 5.73 Å². The molecule has 0 bridgehead atoms. The number of nitrogens with zero attached hydrogens (tertiary/aromatic N) is 2. The average molecular weight is 354 g/mol. The number of hydrogen-bond acceptors (Lipinski definition) is 5. The van der Waals surface area contributed by atoms with Crippen LogP contribution in [0.5, 0.6) is 5.75 Å². The van der Waals surface area contributed by atoms with Crippen LogP contribution in [-0.4, -0.2) is 66.5 Å². The van der Waals surface area contributed by atoms with E-state index in [9.17, 15) is 4.21 Å². The van der Waals surface area contributed by atoms with Crippen LogP contribution >= 0.6 is 0 Å². The van der Waals surface area contributed by atoms with Crippen LogP contribution in [0.15, 0.2) is 24.3 Å². The van der Waals surface area contributed by atoms with Crippen molar-refractivity contribution in [3.05, 3.63) is 24.3 Å². The Morgan fingerprint density at radius 3 is 2.62 bits per heavy atom. The Labute approximate surface area is 148 Å². The van der Waals surface area contributed by atoms with Gasteiger partial charge in [-0.15, -0.1) is 0 Å². The fourth-order valence-electron chi connectivity index (χ4n) is 3.06. The molecule has 0 aromatic heterocycles. The van der Waals surface area contributed by atoms with Gasteiger partial charge in [0.2, 0.25) is 0 Å². The topological polar surface area (TPSA) is 58.8 Å². The Kier molecular flexibility index (Phi) is 8.56. The minimum Gasteiger partial charge on any atom is -0.494 e. The molecule has 6 heteroatoms. The molecular weight excluding hydrogens is 322 g/mol. The van der Waals surface area contributed by atoms with Crippen molar-refractivity contribution in [3.8, 4) is 5.75 Å². The van der Waals surface area contributed by atoms with E-state index in [0.717, 1.165) is 50.6 Å². The van der Waals surface area contributed by atoms with Gasteiger partial charge in [-0.3, -0.25) is 4.21 Å². The second kappa shape index (κ2) is 10.7. The molecule has 1 saturated heterocycles. The Morgan fingerprint density at radius 2 is 1.92 bits per heavy atom. The number of rotatable bonds is 9. The highest BCUT2D eigenvalue weighted by Gasteiger charge is 2.15. The molecule has 0 spiro atoms. The molecule has 136 valence electrons. The van der Waals surface area contributed by atoms with Crippen LogP contribution in [0.1, 0.15) is 19.8 Å². The largest absolute Gasteiger partial charge is 0.494 e. The van der Waals surface area contributed by atoms with Crippen molar-refractivity contribution in [2.45, 2.75) is 19.8 Å². The zero-order valence-electron chi connectivity index (χ0n) is 14.8. The normalized spacial score (nSPS) is 17.5. The third-order valence-electron chi connectivity index (χ3n) is 4.29. The van der Waals surface area contributed by atoms with Crippen LogP contribution in [0.4, 0.5) is 5.69 Å². The number of benzene rings is 1. The molecule has 1 aromatic carbocycles. The lowest BCUT2D eigenvalue weighted by Gasteiger charge is -2.24. The lowest BCUT2D eigenvalue weighted by molar-refractivity contribution is 0.295. The van der Waals surface area contributed by atoms with Gasteiger partial charge in [0.05, 0.1) is 6.61 Å². The fourth-order valence-corrected chi connectivity index (χ4v) is 3.97. The van der Waals surface area contributed by atoms with Gasteiger partial charge in [-0.05, 0) is 57.1 Å². The highest BCUT2D eigenvalue weighted by atomic mass is 32.2. The van der Waals surface area contributed by atoms with E-state index in [1.54, 1.807) is 0 Å². The van der Waals surface area contributed by atoms with Gasteiger partial charge in [-0.2, -0.15) is 0 Å². The summed E-state index contributed by atoms with van der Waals surface area (Å²) in [7, 11) is -0.744. The molecule has 0 saturated carbocycles. The van der Waals surface area contributed by atoms with E-state index in [2.05, 4.69) is 21.9 Å². The average Bonchev–Trinajstić information content (AvgIpc) is 2.82. The van der Waals surface area contributed by atoms with Crippen LogP contribution in [0.2, 0.25) is 0 Å². The first kappa shape index (κ1) is 19.2. The van der Waals surface area contributed by atoms with Gasteiger partial charge >= 0.3 is 0 Å². The first-order chi connectivity index (χ1) is 11.7. The molecule has 1 heterocycles. The van der Waals surface area contributed by atoms with Gasteiger partial charge in [0.25, 0.3) is 0 Å². The van der Waals surface area contributed by atoms with Crippen LogP contribution in [-0.2, 0) is 10.8 Å². The van der Waals surface area contributed by atoms with Gasteiger partial charge < -0.3 is 20.3 Å². The Bertz CT molecular complexity index is 496. The summed E-state index contributed by atoms with van der Waals surface area (Å²) in [5.74, 6) is 2.34. The van der Waals surface area contributed by atoms with Crippen LogP contribution in [0.3, 0.4) is 0 Å². The second-order valence-corrected chi connectivity index (χ2v) is 7.80. The summed E-state index contributed by atoms with van der Waals surface area (Å²) in [6, 6.07) is 8.40. The Morgan fingerprint density at radius 1 is 1.12 bits per heavy atom. The summed E-state index contributed by atoms with van der Waals surface area (Å²) in [6.45, 7) is 8.58. The second-order valence-electron chi connectivity index (χ2n) is 6.10. The highest BCUT2D eigenvalue weighted by Crippen LogP contribution is 2.20. The minimum atomic E-state index is -0.744. The Balaban J connectivity index is 1.76. The van der Waals surface area contributed by atoms with E-state index in [-0.39, 0.29) is 0 Å². The van der Waals surface area contributed by atoms with E-state index in [0.29, 0.717) is 18.9 Å². The molecule has 2 N–H and O–H groups in total. The molecule has 0 aliphatic carbocycles. The molecule has 0 amide bonds. The summed E-state index contributed by atoms with van der Waals surface area (Å²) in [4.78, 5) is 4.94. The smallest absolute Gasteiger partial charge is 0.119 e. The molecule has 1 fully saturated rings. The van der Waals surface area contributed by atoms with E-state index in [1.807, 2.05) is 19.1 Å². The Hall–Kier alpha value is -1.11. The molecule has 1 unspecified atom stereocenters. The summed E-state index contributed by atoms with van der Waals surface area (Å²) in [5.41, 5.74) is 6.71. The van der Waals surface area contributed by atoms with Crippen LogP contribution in [0.25, 0.3) is 0 Å². The SMILES string of the molecule is CCOc1ccc(N2CCCN(CCCS(=O)CCN)CC2)cc1. The van der Waals surface area contributed by atoms with Gasteiger partial charge in [0, 0.05) is 54.2 Å². The quantitative estimate of drug-likeness (QED) is 0.732. The molecule has 1 aliphatic heterocycles. The maximum atomic E-state index is 11.7. The lowest BCUT2D eigenvalue weighted by Crippen LogP contribution is -2.32. The molecule has 1 atom stereocenters. The van der Waals surface area contributed by atoms with Gasteiger partial charge in [-0.25, -0.2) is 0 Å². The van der Waals surface area contributed by atoms with E-state index in [1.165, 1.54) is 12.1 Å². The maximum absolute atomic E-state index is 11.7. The molecule has 2 rings (SSSR count). The number of ether oxygens (including phenoxy) is 1. The highest BCUT2D eigenvalue weighted by molar-refractivity contribution is 7.84. The maximum Gasteiger partial charge on any atom is 0.119 e. The van der Waals surface area contributed by atoms with Crippen molar-refractivity contribution in [1.82, 2.24) is 4.90 Å². The van der Waals surface area contributed by atoms with E-state index in [4.69, 9.17) is 10.5 Å². The standard InChI is InChI=1S/C18H31N3O2S/c1-2-23-18-7-5-17(6-8-18)21-12-3-10-20(13-14-21)11-4-15-24(22)16-9-19/h5-8H,2-4,9-16,19H2,1H3. The van der Waals surface area contributed by atoms with E-state index >= 15 is 0 Å². The predicted octanol–water partition coefficient (Wildman–Crippen LogP) is 1.69. The van der Waals surface area contributed by atoms with Gasteiger partial charge in [-0.1, -0.05) is 0 Å². The zero-order chi connectivity index (χ0) is 17.2. The van der Waals surface area contributed by atoms with Crippen LogP contribution < -0.4 is 15.4 Å². The van der Waals surface area contributed by atoms with Crippen molar-refractivity contribution in [1.29, 1.82) is 0 Å².